The topological polar surface area (TPSA) is 63.4 Å². The van der Waals surface area contributed by atoms with E-state index in [0.29, 0.717) is 24.9 Å². The molecule has 0 aliphatic rings. The van der Waals surface area contributed by atoms with Crippen molar-refractivity contribution in [1.29, 1.82) is 0 Å². The molecule has 0 aromatic heterocycles. The normalized spacial score (nSPS) is 11.9. The van der Waals surface area contributed by atoms with E-state index in [4.69, 9.17) is 5.73 Å². The number of hydrogen-bond donors (Lipinski definition) is 1. The largest absolute Gasteiger partial charge is 0.399 e. The van der Waals surface area contributed by atoms with Gasteiger partial charge in [-0.3, -0.25) is 14.5 Å². The van der Waals surface area contributed by atoms with Crippen molar-refractivity contribution in [1.82, 2.24) is 4.90 Å². The van der Waals surface area contributed by atoms with Gasteiger partial charge in [0.1, 0.15) is 0 Å². The van der Waals surface area contributed by atoms with Crippen molar-refractivity contribution in [3.8, 4) is 0 Å². The molecule has 1 aromatic rings. The first-order chi connectivity index (χ1) is 11.8. The zero-order valence-corrected chi connectivity index (χ0v) is 15.8. The molecule has 2 N–H and O–H groups in total. The van der Waals surface area contributed by atoms with Gasteiger partial charge in [-0.2, -0.15) is 0 Å². The van der Waals surface area contributed by atoms with Gasteiger partial charge in [0.2, 0.25) is 6.41 Å². The molecule has 2 amide bonds. The lowest BCUT2D eigenvalue weighted by atomic mass is 10.0. The Morgan fingerprint density at radius 1 is 1.20 bits per heavy atom. The first-order valence-electron chi connectivity index (χ1n) is 8.40. The third-order valence-electron chi connectivity index (χ3n) is 4.06. The van der Waals surface area contributed by atoms with Crippen LogP contribution in [-0.2, 0) is 4.79 Å². The lowest BCUT2D eigenvalue weighted by Crippen LogP contribution is -2.31. The molecular weight excluding hydrogens is 312 g/mol. The fourth-order valence-electron chi connectivity index (χ4n) is 2.46. The molecule has 0 unspecified atom stereocenters. The Morgan fingerprint density at radius 3 is 2.36 bits per heavy atom. The summed E-state index contributed by atoms with van der Waals surface area (Å²) >= 11 is 0. The van der Waals surface area contributed by atoms with Crippen molar-refractivity contribution >= 4 is 12.3 Å². The van der Waals surface area contributed by atoms with Crippen LogP contribution in [0.4, 0.5) is 0 Å². The highest BCUT2D eigenvalue weighted by Crippen LogP contribution is 2.17. The lowest BCUT2D eigenvalue weighted by Gasteiger charge is -2.17. The Hall–Kier alpha value is -2.62. The molecule has 0 radical (unpaired) electrons. The van der Waals surface area contributed by atoms with Crippen molar-refractivity contribution in [2.75, 3.05) is 6.54 Å². The minimum absolute atomic E-state index is 0.267. The van der Waals surface area contributed by atoms with Gasteiger partial charge in [0.05, 0.1) is 0 Å². The van der Waals surface area contributed by atoms with Gasteiger partial charge in [0.25, 0.3) is 5.91 Å². The highest BCUT2D eigenvalue weighted by atomic mass is 16.2. The quantitative estimate of drug-likeness (QED) is 0.599. The molecule has 0 saturated heterocycles. The van der Waals surface area contributed by atoms with E-state index in [1.807, 2.05) is 58.9 Å². The van der Waals surface area contributed by atoms with E-state index in [2.05, 4.69) is 0 Å². The Bertz CT molecular complexity index is 723. The molecule has 0 fully saturated rings. The van der Waals surface area contributed by atoms with Gasteiger partial charge in [-0.1, -0.05) is 41.5 Å². The van der Waals surface area contributed by atoms with Crippen LogP contribution in [0.25, 0.3) is 0 Å². The van der Waals surface area contributed by atoms with Crippen LogP contribution in [0.3, 0.4) is 0 Å². The first kappa shape index (κ1) is 20.4. The predicted octanol–water partition coefficient (Wildman–Crippen LogP) is 4.13. The molecule has 1 rings (SSSR count). The van der Waals surface area contributed by atoms with Crippen molar-refractivity contribution in [3.63, 3.8) is 0 Å². The summed E-state index contributed by atoms with van der Waals surface area (Å²) in [5, 5.41) is 0. The van der Waals surface area contributed by atoms with E-state index in [0.717, 1.165) is 28.0 Å². The van der Waals surface area contributed by atoms with E-state index in [9.17, 15) is 9.59 Å². The molecule has 4 nitrogen and oxygen atoms in total. The van der Waals surface area contributed by atoms with Crippen LogP contribution in [-0.4, -0.2) is 23.8 Å². The van der Waals surface area contributed by atoms with Gasteiger partial charge in [-0.05, 0) is 58.2 Å². The monoisotopic (exact) mass is 340 g/mol. The second-order valence-electron chi connectivity index (χ2n) is 6.32. The van der Waals surface area contributed by atoms with Crippen LogP contribution in [0.5, 0.6) is 0 Å². The van der Waals surface area contributed by atoms with Crippen LogP contribution in [0.2, 0.25) is 0 Å². The average molecular weight is 340 g/mol. The van der Waals surface area contributed by atoms with Gasteiger partial charge in [0, 0.05) is 17.8 Å². The molecule has 1 aromatic carbocycles. The van der Waals surface area contributed by atoms with Gasteiger partial charge >= 0.3 is 0 Å². The summed E-state index contributed by atoms with van der Waals surface area (Å²) in [5.74, 6) is -0.267. The van der Waals surface area contributed by atoms with Crippen molar-refractivity contribution in [2.24, 2.45) is 5.73 Å². The number of benzene rings is 1. The summed E-state index contributed by atoms with van der Waals surface area (Å²) in [5.41, 5.74) is 11.3. The molecule has 0 aliphatic heterocycles. The number of aryl methyl sites for hydroxylation is 1. The standard InChI is InChI=1S/C21H28N2O2/c1-6-20(22)19(15(2)3)13-16(4)11-12-23(14-24)21(25)18-10-8-7-9-17(18)5/h6-10,13-14H,11-12,22H2,1-5H3/b16-13+,20-6+. The fourth-order valence-corrected chi connectivity index (χ4v) is 2.46. The minimum Gasteiger partial charge on any atom is -0.399 e. The summed E-state index contributed by atoms with van der Waals surface area (Å²) in [4.78, 5) is 25.1. The highest BCUT2D eigenvalue weighted by molar-refractivity contribution is 6.00. The highest BCUT2D eigenvalue weighted by Gasteiger charge is 2.16. The Morgan fingerprint density at radius 2 is 1.84 bits per heavy atom. The van der Waals surface area contributed by atoms with Crippen LogP contribution >= 0.6 is 0 Å². The first-order valence-corrected chi connectivity index (χ1v) is 8.40. The summed E-state index contributed by atoms with van der Waals surface area (Å²) in [6.45, 7) is 10.1. The van der Waals surface area contributed by atoms with E-state index >= 15 is 0 Å². The molecule has 0 aliphatic carbocycles. The van der Waals surface area contributed by atoms with E-state index in [-0.39, 0.29) is 5.91 Å². The van der Waals surface area contributed by atoms with Crippen LogP contribution in [0.15, 0.2) is 58.8 Å². The molecule has 25 heavy (non-hydrogen) atoms. The van der Waals surface area contributed by atoms with Gasteiger partial charge < -0.3 is 5.73 Å². The number of hydrogen-bond acceptors (Lipinski definition) is 3. The number of imide groups is 1. The second-order valence-corrected chi connectivity index (χ2v) is 6.32. The number of amides is 2. The summed E-state index contributed by atoms with van der Waals surface area (Å²) < 4.78 is 0. The number of allylic oxidation sites excluding steroid dienone is 3. The van der Waals surface area contributed by atoms with Crippen LogP contribution in [0, 0.1) is 6.92 Å². The Kier molecular flexibility index (Phi) is 7.86. The molecular formula is C21H28N2O2. The van der Waals surface area contributed by atoms with E-state index < -0.39 is 0 Å². The zero-order valence-electron chi connectivity index (χ0n) is 15.8. The SMILES string of the molecule is C/C=C(/N)C(/C=C(\C)CCN(C=O)C(=O)c1ccccc1C)=C(C)C. The number of nitrogens with zero attached hydrogens (tertiary/aromatic N) is 1. The van der Waals surface area contributed by atoms with Crippen LogP contribution < -0.4 is 5.73 Å². The molecule has 4 heteroatoms. The van der Waals surface area contributed by atoms with Gasteiger partial charge in [0.15, 0.2) is 0 Å². The van der Waals surface area contributed by atoms with Crippen molar-refractivity contribution in [2.45, 2.75) is 41.0 Å². The lowest BCUT2D eigenvalue weighted by molar-refractivity contribution is -0.115. The maximum Gasteiger partial charge on any atom is 0.260 e. The molecule has 0 saturated carbocycles. The molecule has 0 bridgehead atoms. The number of nitrogens with two attached hydrogens (primary N) is 1. The second kappa shape index (κ2) is 9.62. The summed E-state index contributed by atoms with van der Waals surface area (Å²) in [6, 6.07) is 7.28. The predicted molar refractivity (Wildman–Crippen MR) is 103 cm³/mol. The van der Waals surface area contributed by atoms with E-state index in [1.54, 1.807) is 12.1 Å². The Labute approximate surface area is 150 Å². The third kappa shape index (κ3) is 5.75. The third-order valence-corrected chi connectivity index (χ3v) is 4.06. The van der Waals surface area contributed by atoms with Crippen LogP contribution in [0.1, 0.15) is 50.0 Å². The van der Waals surface area contributed by atoms with Crippen molar-refractivity contribution < 1.29 is 9.59 Å². The van der Waals surface area contributed by atoms with Crippen molar-refractivity contribution in [3.05, 3.63) is 70.0 Å². The molecule has 0 spiro atoms. The van der Waals surface area contributed by atoms with E-state index in [1.165, 1.54) is 4.90 Å². The number of carbonyl (C=O) groups excluding carboxylic acids is 2. The number of rotatable bonds is 7. The fraction of sp³-hybridized carbons (Fsp3) is 0.333. The molecule has 0 atom stereocenters. The van der Waals surface area contributed by atoms with Gasteiger partial charge in [-0.15, -0.1) is 0 Å². The van der Waals surface area contributed by atoms with Gasteiger partial charge in [-0.25, -0.2) is 0 Å². The maximum atomic E-state index is 12.5. The zero-order chi connectivity index (χ0) is 19.0. The summed E-state index contributed by atoms with van der Waals surface area (Å²) in [7, 11) is 0. The minimum atomic E-state index is -0.267. The number of carbonyl (C=O) groups is 2. The summed E-state index contributed by atoms with van der Waals surface area (Å²) in [6.07, 6.45) is 5.09. The molecule has 0 heterocycles. The average Bonchev–Trinajstić information content (AvgIpc) is 2.59. The smallest absolute Gasteiger partial charge is 0.260 e. The molecule has 134 valence electrons. The Balaban J connectivity index is 2.88. The maximum absolute atomic E-state index is 12.5.